The smallest absolute Gasteiger partial charge is 0.112 e. The van der Waals surface area contributed by atoms with E-state index in [0.717, 1.165) is 12.5 Å². The third kappa shape index (κ3) is 1.67. The van der Waals surface area contributed by atoms with Crippen molar-refractivity contribution in [3.63, 3.8) is 0 Å². The minimum atomic E-state index is -0.141. The quantitative estimate of drug-likeness (QED) is 0.708. The first-order valence-electron chi connectivity index (χ1n) is 8.02. The number of fused-ring (bicyclic) bond motifs is 6. The molecule has 4 rings (SSSR count). The Hall–Kier alpha value is -0.120. The van der Waals surface area contributed by atoms with Crippen LogP contribution < -0.4 is 0 Å². The van der Waals surface area contributed by atoms with Crippen LogP contribution in [0, 0.1) is 11.8 Å². The van der Waals surface area contributed by atoms with Crippen LogP contribution >= 0.6 is 0 Å². The number of aliphatic hydroxyl groups excluding tert-OH is 1. The van der Waals surface area contributed by atoms with Crippen molar-refractivity contribution >= 4 is 0 Å². The zero-order valence-corrected chi connectivity index (χ0v) is 11.3. The molecule has 0 spiro atoms. The molecule has 0 aliphatic carbocycles. The van der Waals surface area contributed by atoms with Gasteiger partial charge in [0.15, 0.2) is 0 Å². The predicted molar refractivity (Wildman–Crippen MR) is 71.2 cm³/mol. The van der Waals surface area contributed by atoms with Crippen LogP contribution in [-0.4, -0.2) is 52.9 Å². The fraction of sp³-hybridized carbons (Fsp3) is 1.00. The normalized spacial score (nSPS) is 49.5. The predicted octanol–water partition coefficient (Wildman–Crippen LogP) is 1.66. The molecule has 0 aromatic carbocycles. The van der Waals surface area contributed by atoms with Gasteiger partial charge in [0, 0.05) is 31.1 Å². The molecule has 1 N–H and O–H groups in total. The Morgan fingerprint density at radius 3 is 2.56 bits per heavy atom. The van der Waals surface area contributed by atoms with Crippen molar-refractivity contribution in [1.82, 2.24) is 9.80 Å². The Balaban J connectivity index is 1.61. The lowest BCUT2D eigenvalue weighted by Gasteiger charge is -2.59. The maximum absolute atomic E-state index is 10.8. The van der Waals surface area contributed by atoms with Gasteiger partial charge in [-0.3, -0.25) is 9.80 Å². The average molecular weight is 250 g/mol. The van der Waals surface area contributed by atoms with E-state index in [4.69, 9.17) is 0 Å². The molecular formula is C15H26N2O. The summed E-state index contributed by atoms with van der Waals surface area (Å²) in [4.78, 5) is 5.19. The Kier molecular flexibility index (Phi) is 2.90. The van der Waals surface area contributed by atoms with Crippen molar-refractivity contribution in [3.05, 3.63) is 0 Å². The highest BCUT2D eigenvalue weighted by atomic mass is 16.3. The van der Waals surface area contributed by atoms with Crippen LogP contribution in [0.25, 0.3) is 0 Å². The summed E-state index contributed by atoms with van der Waals surface area (Å²) in [6, 6.07) is 1.38. The maximum Gasteiger partial charge on any atom is 0.112 e. The molecule has 5 atom stereocenters. The molecule has 4 saturated heterocycles. The first-order chi connectivity index (χ1) is 8.84. The van der Waals surface area contributed by atoms with Crippen LogP contribution in [0.2, 0.25) is 0 Å². The van der Waals surface area contributed by atoms with Gasteiger partial charge in [-0.2, -0.15) is 0 Å². The monoisotopic (exact) mass is 250 g/mol. The third-order valence-electron chi connectivity index (χ3n) is 6.06. The van der Waals surface area contributed by atoms with E-state index in [1.807, 2.05) is 0 Å². The number of aliphatic hydroxyl groups is 1. The number of hydrogen-bond acceptors (Lipinski definition) is 3. The van der Waals surface area contributed by atoms with Gasteiger partial charge in [-0.05, 0) is 44.6 Å². The van der Waals surface area contributed by atoms with Gasteiger partial charge in [-0.15, -0.1) is 0 Å². The summed E-state index contributed by atoms with van der Waals surface area (Å²) in [5, 5.41) is 10.8. The summed E-state index contributed by atoms with van der Waals surface area (Å²) >= 11 is 0. The highest BCUT2D eigenvalue weighted by Crippen LogP contribution is 2.45. The van der Waals surface area contributed by atoms with Crippen molar-refractivity contribution < 1.29 is 5.11 Å². The lowest BCUT2D eigenvalue weighted by Crippen LogP contribution is -2.67. The minimum absolute atomic E-state index is 0.141. The van der Waals surface area contributed by atoms with Crippen molar-refractivity contribution in [2.24, 2.45) is 11.8 Å². The second kappa shape index (κ2) is 4.46. The van der Waals surface area contributed by atoms with Crippen molar-refractivity contribution in [3.8, 4) is 0 Å². The second-order valence-electron chi connectivity index (χ2n) is 6.93. The molecule has 0 radical (unpaired) electrons. The largest absolute Gasteiger partial charge is 0.378 e. The number of rotatable bonds is 0. The van der Waals surface area contributed by atoms with E-state index in [2.05, 4.69) is 9.80 Å². The second-order valence-corrected chi connectivity index (χ2v) is 6.93. The highest BCUT2D eigenvalue weighted by Gasteiger charge is 2.50. The van der Waals surface area contributed by atoms with Crippen LogP contribution in [0.4, 0.5) is 0 Å². The molecule has 0 aromatic heterocycles. The molecule has 3 nitrogen and oxygen atoms in total. The lowest BCUT2D eigenvalue weighted by atomic mass is 9.70. The van der Waals surface area contributed by atoms with Gasteiger partial charge in [0.1, 0.15) is 6.23 Å². The van der Waals surface area contributed by atoms with Gasteiger partial charge in [-0.25, -0.2) is 0 Å². The average Bonchev–Trinajstić information content (AvgIpc) is 2.44. The molecule has 0 aromatic rings. The molecule has 3 heteroatoms. The standard InChI is InChI=1S/C15H26N2O/c18-15-12-9-11(13-5-2-4-8-17(13)15)10-16-7-3-1-6-14(12)16/h11-15,18H,1-10H2. The molecule has 4 aliphatic heterocycles. The first-order valence-corrected chi connectivity index (χ1v) is 8.02. The summed E-state index contributed by atoms with van der Waals surface area (Å²) < 4.78 is 0. The van der Waals surface area contributed by atoms with Crippen LogP contribution in [0.15, 0.2) is 0 Å². The van der Waals surface area contributed by atoms with E-state index in [0.29, 0.717) is 18.0 Å². The SMILES string of the molecule is OC1C2CC(CN3CCCCC23)C2CCCCN12. The molecule has 4 aliphatic rings. The van der Waals surface area contributed by atoms with E-state index in [1.165, 1.54) is 58.0 Å². The summed E-state index contributed by atoms with van der Waals surface area (Å²) in [5.74, 6) is 1.38. The van der Waals surface area contributed by atoms with Gasteiger partial charge in [0.25, 0.3) is 0 Å². The van der Waals surface area contributed by atoms with Gasteiger partial charge in [0.05, 0.1) is 0 Å². The highest BCUT2D eigenvalue weighted by molar-refractivity contribution is 5.02. The third-order valence-corrected chi connectivity index (χ3v) is 6.06. The number of hydrogen-bond donors (Lipinski definition) is 1. The first kappa shape index (κ1) is 11.7. The summed E-state index contributed by atoms with van der Waals surface area (Å²) in [6.07, 6.45) is 9.22. The molecule has 18 heavy (non-hydrogen) atoms. The zero-order valence-electron chi connectivity index (χ0n) is 11.3. The number of nitrogens with zero attached hydrogens (tertiary/aromatic N) is 2. The Morgan fingerprint density at radius 2 is 1.67 bits per heavy atom. The van der Waals surface area contributed by atoms with E-state index < -0.39 is 0 Å². The molecule has 2 bridgehead atoms. The summed E-state index contributed by atoms with van der Waals surface area (Å²) in [6.45, 7) is 3.75. The van der Waals surface area contributed by atoms with Crippen LogP contribution in [0.5, 0.6) is 0 Å². The molecular weight excluding hydrogens is 224 g/mol. The van der Waals surface area contributed by atoms with Gasteiger partial charge < -0.3 is 5.11 Å². The van der Waals surface area contributed by atoms with E-state index in [9.17, 15) is 5.11 Å². The molecule has 102 valence electrons. The van der Waals surface area contributed by atoms with E-state index >= 15 is 0 Å². The topological polar surface area (TPSA) is 26.7 Å². The van der Waals surface area contributed by atoms with Crippen LogP contribution in [-0.2, 0) is 0 Å². The molecule has 5 unspecified atom stereocenters. The maximum atomic E-state index is 10.8. The number of piperidine rings is 4. The molecule has 0 saturated carbocycles. The fourth-order valence-corrected chi connectivity index (χ4v) is 5.27. The van der Waals surface area contributed by atoms with Gasteiger partial charge in [-0.1, -0.05) is 12.8 Å². The minimum Gasteiger partial charge on any atom is -0.378 e. The summed E-state index contributed by atoms with van der Waals surface area (Å²) in [5.41, 5.74) is 0. The molecule has 4 fully saturated rings. The van der Waals surface area contributed by atoms with Gasteiger partial charge >= 0.3 is 0 Å². The Labute approximate surface area is 110 Å². The van der Waals surface area contributed by atoms with Crippen molar-refractivity contribution in [1.29, 1.82) is 0 Å². The fourth-order valence-electron chi connectivity index (χ4n) is 5.27. The molecule has 0 amide bonds. The van der Waals surface area contributed by atoms with Crippen LogP contribution in [0.1, 0.15) is 44.9 Å². The Bertz CT molecular complexity index is 307. The summed E-state index contributed by atoms with van der Waals surface area (Å²) in [7, 11) is 0. The van der Waals surface area contributed by atoms with Gasteiger partial charge in [0.2, 0.25) is 0 Å². The van der Waals surface area contributed by atoms with Crippen molar-refractivity contribution in [2.45, 2.75) is 63.3 Å². The van der Waals surface area contributed by atoms with Crippen molar-refractivity contribution in [2.75, 3.05) is 19.6 Å². The zero-order chi connectivity index (χ0) is 12.1. The van der Waals surface area contributed by atoms with E-state index in [1.54, 1.807) is 0 Å². The lowest BCUT2D eigenvalue weighted by molar-refractivity contribution is -0.178. The Morgan fingerprint density at radius 1 is 0.889 bits per heavy atom. The molecule has 4 heterocycles. The van der Waals surface area contributed by atoms with Crippen LogP contribution in [0.3, 0.4) is 0 Å². The van der Waals surface area contributed by atoms with E-state index in [-0.39, 0.29) is 6.23 Å².